The van der Waals surface area contributed by atoms with E-state index >= 15 is 0 Å². The maximum absolute atomic E-state index is 12.0. The zero-order chi connectivity index (χ0) is 16.1. The molecule has 21 heavy (non-hydrogen) atoms. The molecule has 0 amide bonds. The average molecular weight is 324 g/mol. The summed E-state index contributed by atoms with van der Waals surface area (Å²) >= 11 is 0. The fourth-order valence-electron chi connectivity index (χ4n) is 1.84. The summed E-state index contributed by atoms with van der Waals surface area (Å²) in [5.74, 6) is 0. The summed E-state index contributed by atoms with van der Waals surface area (Å²) in [4.78, 5) is 0.0199. The topological polar surface area (TPSA) is 72.2 Å². The summed E-state index contributed by atoms with van der Waals surface area (Å²) in [7, 11) is -3.75. The van der Waals surface area contributed by atoms with Crippen LogP contribution in [0.15, 0.2) is 29.2 Å². The van der Waals surface area contributed by atoms with Crippen LogP contribution < -0.4 is 10.5 Å². The Labute approximate surface area is 122 Å². The van der Waals surface area contributed by atoms with Crippen LogP contribution in [0.3, 0.4) is 0 Å². The molecule has 1 atom stereocenters. The van der Waals surface area contributed by atoms with Gasteiger partial charge in [-0.05, 0) is 37.5 Å². The van der Waals surface area contributed by atoms with Gasteiger partial charge in [0.15, 0.2) is 0 Å². The predicted octanol–water partition coefficient (Wildman–Crippen LogP) is 2.54. The molecule has 1 aromatic rings. The molecule has 0 aliphatic rings. The maximum atomic E-state index is 12.0. The lowest BCUT2D eigenvalue weighted by atomic mass is 10.1. The SMILES string of the molecule is CC(CCCC(F)(F)F)NCc1cccc(S(N)(=O)=O)c1. The Kier molecular flexibility index (Phi) is 6.18. The predicted molar refractivity (Wildman–Crippen MR) is 74.0 cm³/mol. The van der Waals surface area contributed by atoms with Crippen LogP contribution in [0.25, 0.3) is 0 Å². The van der Waals surface area contributed by atoms with Gasteiger partial charge in [-0.2, -0.15) is 13.2 Å². The van der Waals surface area contributed by atoms with Crippen LogP contribution >= 0.6 is 0 Å². The standard InChI is InChI=1S/C13H19F3N2O2S/c1-10(4-3-7-13(14,15)16)18-9-11-5-2-6-12(8-11)21(17,19)20/h2,5-6,8,10,18H,3-4,7,9H2,1H3,(H2,17,19,20). The molecule has 0 aromatic heterocycles. The highest BCUT2D eigenvalue weighted by molar-refractivity contribution is 7.89. The van der Waals surface area contributed by atoms with E-state index in [1.807, 2.05) is 0 Å². The third-order valence-electron chi connectivity index (χ3n) is 2.98. The normalized spacial score (nSPS) is 14.1. The number of nitrogens with two attached hydrogens (primary N) is 1. The van der Waals surface area contributed by atoms with Crippen LogP contribution in [0.1, 0.15) is 31.7 Å². The van der Waals surface area contributed by atoms with Gasteiger partial charge >= 0.3 is 6.18 Å². The molecule has 4 nitrogen and oxygen atoms in total. The van der Waals surface area contributed by atoms with Crippen molar-refractivity contribution < 1.29 is 21.6 Å². The van der Waals surface area contributed by atoms with Crippen LogP contribution in [-0.2, 0) is 16.6 Å². The number of hydrogen-bond acceptors (Lipinski definition) is 3. The van der Waals surface area contributed by atoms with E-state index < -0.39 is 22.6 Å². The second-order valence-corrected chi connectivity index (χ2v) is 6.54. The van der Waals surface area contributed by atoms with Crippen LogP contribution in [0.2, 0.25) is 0 Å². The number of nitrogens with one attached hydrogen (secondary N) is 1. The summed E-state index contributed by atoms with van der Waals surface area (Å²) in [6.45, 7) is 2.16. The first kappa shape index (κ1) is 17.9. The second kappa shape index (κ2) is 7.24. The van der Waals surface area contributed by atoms with Crippen molar-refractivity contribution in [3.8, 4) is 0 Å². The van der Waals surface area contributed by atoms with E-state index in [1.54, 1.807) is 19.1 Å². The highest BCUT2D eigenvalue weighted by Crippen LogP contribution is 2.22. The molecule has 0 saturated carbocycles. The lowest BCUT2D eigenvalue weighted by Gasteiger charge is -2.14. The summed E-state index contributed by atoms with van der Waals surface area (Å²) in [6.07, 6.45) is -4.45. The molecule has 120 valence electrons. The van der Waals surface area contributed by atoms with E-state index in [2.05, 4.69) is 5.32 Å². The van der Waals surface area contributed by atoms with E-state index in [9.17, 15) is 21.6 Å². The second-order valence-electron chi connectivity index (χ2n) is 4.98. The smallest absolute Gasteiger partial charge is 0.310 e. The van der Waals surface area contributed by atoms with Gasteiger partial charge in [-0.1, -0.05) is 12.1 Å². The van der Waals surface area contributed by atoms with Crippen molar-refractivity contribution in [1.82, 2.24) is 5.32 Å². The first-order chi connectivity index (χ1) is 9.58. The van der Waals surface area contributed by atoms with E-state index in [1.165, 1.54) is 12.1 Å². The molecule has 0 heterocycles. The highest BCUT2D eigenvalue weighted by atomic mass is 32.2. The minimum Gasteiger partial charge on any atom is -0.310 e. The van der Waals surface area contributed by atoms with Crippen LogP contribution in [0, 0.1) is 0 Å². The maximum Gasteiger partial charge on any atom is 0.389 e. The van der Waals surface area contributed by atoms with E-state index in [-0.39, 0.29) is 17.4 Å². The first-order valence-electron chi connectivity index (χ1n) is 6.50. The molecule has 0 spiro atoms. The van der Waals surface area contributed by atoms with Crippen molar-refractivity contribution in [2.75, 3.05) is 0 Å². The zero-order valence-electron chi connectivity index (χ0n) is 11.7. The quantitative estimate of drug-likeness (QED) is 0.809. The third kappa shape index (κ3) is 7.45. The molecule has 1 aromatic carbocycles. The van der Waals surface area contributed by atoms with Gasteiger partial charge < -0.3 is 5.32 Å². The molecule has 0 fully saturated rings. The molecular weight excluding hydrogens is 305 g/mol. The molecule has 0 saturated heterocycles. The molecular formula is C13H19F3N2O2S. The lowest BCUT2D eigenvalue weighted by Crippen LogP contribution is -2.26. The Balaban J connectivity index is 2.45. The molecule has 0 aliphatic carbocycles. The number of benzene rings is 1. The Morgan fingerprint density at radius 1 is 1.33 bits per heavy atom. The van der Waals surface area contributed by atoms with Gasteiger partial charge in [0.2, 0.25) is 10.0 Å². The number of rotatable bonds is 7. The summed E-state index contributed by atoms with van der Waals surface area (Å²) < 4.78 is 58.5. The summed E-state index contributed by atoms with van der Waals surface area (Å²) in [6, 6.07) is 6.05. The number of hydrogen-bond donors (Lipinski definition) is 2. The van der Waals surface area contributed by atoms with Crippen molar-refractivity contribution in [2.45, 2.75) is 49.8 Å². The Bertz CT molecular complexity index is 559. The van der Waals surface area contributed by atoms with Gasteiger partial charge in [-0.25, -0.2) is 13.6 Å². The number of primary sulfonamides is 1. The Morgan fingerprint density at radius 2 is 2.00 bits per heavy atom. The van der Waals surface area contributed by atoms with Gasteiger partial charge in [-0.15, -0.1) is 0 Å². The fourth-order valence-corrected chi connectivity index (χ4v) is 2.42. The Morgan fingerprint density at radius 3 is 2.57 bits per heavy atom. The van der Waals surface area contributed by atoms with Gasteiger partial charge in [0.05, 0.1) is 4.90 Å². The average Bonchev–Trinajstić information content (AvgIpc) is 2.34. The van der Waals surface area contributed by atoms with Crippen molar-refractivity contribution in [2.24, 2.45) is 5.14 Å². The minimum atomic E-state index is -4.12. The molecule has 8 heteroatoms. The van der Waals surface area contributed by atoms with Gasteiger partial charge in [-0.3, -0.25) is 0 Å². The fraction of sp³-hybridized carbons (Fsp3) is 0.538. The molecule has 1 unspecified atom stereocenters. The monoisotopic (exact) mass is 324 g/mol. The number of alkyl halides is 3. The minimum absolute atomic E-state index is 0.0199. The van der Waals surface area contributed by atoms with E-state index in [0.717, 1.165) is 0 Å². The van der Waals surface area contributed by atoms with Crippen LogP contribution in [0.4, 0.5) is 13.2 Å². The molecule has 0 aliphatic heterocycles. The van der Waals surface area contributed by atoms with E-state index in [4.69, 9.17) is 5.14 Å². The van der Waals surface area contributed by atoms with Gasteiger partial charge in [0.25, 0.3) is 0 Å². The van der Waals surface area contributed by atoms with Crippen molar-refractivity contribution >= 4 is 10.0 Å². The number of halogens is 3. The van der Waals surface area contributed by atoms with Crippen molar-refractivity contribution in [3.63, 3.8) is 0 Å². The summed E-state index contributed by atoms with van der Waals surface area (Å²) in [5.41, 5.74) is 0.712. The highest BCUT2D eigenvalue weighted by Gasteiger charge is 2.26. The molecule has 0 radical (unpaired) electrons. The molecule has 3 N–H and O–H groups in total. The van der Waals surface area contributed by atoms with Crippen LogP contribution in [-0.4, -0.2) is 20.6 Å². The third-order valence-corrected chi connectivity index (χ3v) is 3.89. The zero-order valence-corrected chi connectivity index (χ0v) is 12.5. The van der Waals surface area contributed by atoms with Crippen molar-refractivity contribution in [3.05, 3.63) is 29.8 Å². The Hall–Kier alpha value is -1.12. The molecule has 0 bridgehead atoms. The van der Waals surface area contributed by atoms with Gasteiger partial charge in [0, 0.05) is 19.0 Å². The largest absolute Gasteiger partial charge is 0.389 e. The number of sulfonamides is 1. The first-order valence-corrected chi connectivity index (χ1v) is 8.04. The van der Waals surface area contributed by atoms with Gasteiger partial charge in [0.1, 0.15) is 0 Å². The lowest BCUT2D eigenvalue weighted by molar-refractivity contribution is -0.135. The molecule has 1 rings (SSSR count). The summed E-state index contributed by atoms with van der Waals surface area (Å²) in [5, 5.41) is 8.09. The van der Waals surface area contributed by atoms with Crippen molar-refractivity contribution in [1.29, 1.82) is 0 Å². The van der Waals surface area contributed by atoms with Crippen LogP contribution in [0.5, 0.6) is 0 Å². The van der Waals surface area contributed by atoms with E-state index in [0.29, 0.717) is 18.5 Å².